The van der Waals surface area contributed by atoms with Crippen LogP contribution in [0.3, 0.4) is 0 Å². The van der Waals surface area contributed by atoms with E-state index in [1.54, 1.807) is 0 Å². The molecule has 10 heteroatoms. The topological polar surface area (TPSA) is 97.0 Å². The monoisotopic (exact) mass is 350 g/mol. The van der Waals surface area contributed by atoms with Crippen molar-refractivity contribution in [2.45, 2.75) is 4.90 Å². The minimum absolute atomic E-state index is 0.0334. The Morgan fingerprint density at radius 3 is 2.79 bits per heavy atom. The molecule has 0 atom stereocenters. The number of benzene rings is 1. The van der Waals surface area contributed by atoms with Crippen LogP contribution in [0.2, 0.25) is 0 Å². The lowest BCUT2D eigenvalue weighted by Gasteiger charge is -2.06. The van der Waals surface area contributed by atoms with E-state index in [0.717, 1.165) is 12.1 Å². The first kappa shape index (κ1) is 13.7. The van der Waals surface area contributed by atoms with Crippen molar-refractivity contribution < 1.29 is 17.5 Å². The van der Waals surface area contributed by atoms with Gasteiger partial charge in [0.1, 0.15) is 10.7 Å². The molecule has 102 valence electrons. The molecule has 2 aromatic rings. The van der Waals surface area contributed by atoms with E-state index in [0.29, 0.717) is 4.47 Å². The summed E-state index contributed by atoms with van der Waals surface area (Å²) in [6.45, 7) is 0. The minimum Gasteiger partial charge on any atom is -0.466 e. The van der Waals surface area contributed by atoms with Crippen LogP contribution >= 0.6 is 15.9 Å². The number of hydrogen-bond donors (Lipinski definition) is 2. The van der Waals surface area contributed by atoms with Gasteiger partial charge in [0.15, 0.2) is 0 Å². The van der Waals surface area contributed by atoms with Gasteiger partial charge in [0.25, 0.3) is 10.0 Å². The SMILES string of the molecule is COc1n[nH]c(NS(=O)(=O)c2ccc(Br)cc2F)n1. The molecular formula is C9H8BrFN4O3S. The summed E-state index contributed by atoms with van der Waals surface area (Å²) in [5.41, 5.74) is 0. The summed E-state index contributed by atoms with van der Waals surface area (Å²) in [4.78, 5) is 3.18. The molecule has 7 nitrogen and oxygen atoms in total. The van der Waals surface area contributed by atoms with Crippen molar-refractivity contribution in [3.8, 4) is 6.01 Å². The molecule has 1 aromatic carbocycles. The number of halogens is 2. The zero-order chi connectivity index (χ0) is 14.0. The Labute approximate surface area is 116 Å². The summed E-state index contributed by atoms with van der Waals surface area (Å²) in [6.07, 6.45) is 0. The van der Waals surface area contributed by atoms with Crippen molar-refractivity contribution >= 4 is 31.9 Å². The smallest absolute Gasteiger partial charge is 0.336 e. The normalized spacial score (nSPS) is 11.3. The van der Waals surface area contributed by atoms with Gasteiger partial charge in [0.2, 0.25) is 5.95 Å². The number of H-pyrrole nitrogens is 1. The fourth-order valence-electron chi connectivity index (χ4n) is 1.26. The van der Waals surface area contributed by atoms with Crippen molar-refractivity contribution in [1.82, 2.24) is 15.2 Å². The molecule has 0 aliphatic heterocycles. The fraction of sp³-hybridized carbons (Fsp3) is 0.111. The zero-order valence-corrected chi connectivity index (χ0v) is 11.9. The van der Waals surface area contributed by atoms with Crippen molar-refractivity contribution in [3.63, 3.8) is 0 Å². The van der Waals surface area contributed by atoms with E-state index < -0.39 is 20.7 Å². The van der Waals surface area contributed by atoms with Crippen molar-refractivity contribution in [3.05, 3.63) is 28.5 Å². The number of sulfonamides is 1. The Balaban J connectivity index is 2.32. The van der Waals surface area contributed by atoms with Gasteiger partial charge in [-0.2, -0.15) is 4.98 Å². The minimum atomic E-state index is -4.09. The highest BCUT2D eigenvalue weighted by atomic mass is 79.9. The first-order valence-electron chi connectivity index (χ1n) is 4.86. The van der Waals surface area contributed by atoms with Gasteiger partial charge >= 0.3 is 6.01 Å². The van der Waals surface area contributed by atoms with Crippen LogP contribution in [0.5, 0.6) is 6.01 Å². The average Bonchev–Trinajstić information content (AvgIpc) is 2.75. The number of aromatic amines is 1. The first-order chi connectivity index (χ1) is 8.92. The molecule has 19 heavy (non-hydrogen) atoms. The molecule has 0 fully saturated rings. The predicted octanol–water partition coefficient (Wildman–Crippen LogP) is 1.52. The Kier molecular flexibility index (Phi) is 3.71. The fourth-order valence-corrected chi connectivity index (χ4v) is 2.61. The predicted molar refractivity (Wildman–Crippen MR) is 67.8 cm³/mol. The third kappa shape index (κ3) is 3.01. The molecule has 0 radical (unpaired) electrons. The standard InChI is InChI=1S/C9H8BrFN4O3S/c1-18-9-12-8(13-14-9)15-19(16,17)7-3-2-5(10)4-6(7)11/h2-4H,1H3,(H2,12,13,14,15). The molecule has 0 aliphatic carbocycles. The van der Waals surface area contributed by atoms with Crippen LogP contribution in [0.4, 0.5) is 10.3 Å². The Morgan fingerprint density at radius 2 is 2.21 bits per heavy atom. The summed E-state index contributed by atoms with van der Waals surface area (Å²) in [5, 5.41) is 5.87. The lowest BCUT2D eigenvalue weighted by Crippen LogP contribution is -2.15. The largest absolute Gasteiger partial charge is 0.466 e. The summed E-state index contributed by atoms with van der Waals surface area (Å²) in [5.74, 6) is -1.05. The van der Waals surface area contributed by atoms with Crippen molar-refractivity contribution in [2.75, 3.05) is 11.8 Å². The molecule has 0 spiro atoms. The molecule has 1 heterocycles. The number of ether oxygens (including phenoxy) is 1. The third-order valence-corrected chi connectivity index (χ3v) is 3.93. The molecular weight excluding hydrogens is 343 g/mol. The molecule has 0 unspecified atom stereocenters. The van der Waals surface area contributed by atoms with E-state index in [1.807, 2.05) is 0 Å². The highest BCUT2D eigenvalue weighted by Gasteiger charge is 2.21. The molecule has 0 amide bonds. The van der Waals surface area contributed by atoms with Crippen LogP contribution in [0.1, 0.15) is 0 Å². The number of nitrogens with one attached hydrogen (secondary N) is 2. The average molecular weight is 351 g/mol. The van der Waals surface area contributed by atoms with Crippen LogP contribution in [-0.2, 0) is 10.0 Å². The molecule has 0 saturated carbocycles. The zero-order valence-electron chi connectivity index (χ0n) is 9.52. The number of hydrogen-bond acceptors (Lipinski definition) is 5. The summed E-state index contributed by atoms with van der Waals surface area (Å²) >= 11 is 3.04. The number of anilines is 1. The molecule has 2 N–H and O–H groups in total. The molecule has 1 aromatic heterocycles. The molecule has 2 rings (SSSR count). The van der Waals surface area contributed by atoms with E-state index in [2.05, 4.69) is 40.6 Å². The van der Waals surface area contributed by atoms with Gasteiger partial charge in [-0.1, -0.05) is 15.9 Å². The van der Waals surface area contributed by atoms with Gasteiger partial charge < -0.3 is 4.74 Å². The Bertz CT molecular complexity index is 703. The second kappa shape index (κ2) is 5.13. The molecule has 0 bridgehead atoms. The van der Waals surface area contributed by atoms with Crippen LogP contribution < -0.4 is 9.46 Å². The summed E-state index contributed by atoms with van der Waals surface area (Å²) in [7, 11) is -2.76. The highest BCUT2D eigenvalue weighted by Crippen LogP contribution is 2.21. The Morgan fingerprint density at radius 1 is 1.47 bits per heavy atom. The lowest BCUT2D eigenvalue weighted by atomic mass is 10.3. The number of methoxy groups -OCH3 is 1. The van der Waals surface area contributed by atoms with E-state index in [4.69, 9.17) is 0 Å². The van der Waals surface area contributed by atoms with E-state index >= 15 is 0 Å². The van der Waals surface area contributed by atoms with E-state index in [1.165, 1.54) is 13.2 Å². The number of nitrogens with zero attached hydrogens (tertiary/aromatic N) is 2. The van der Waals surface area contributed by atoms with Crippen LogP contribution in [0.15, 0.2) is 27.6 Å². The number of rotatable bonds is 4. The van der Waals surface area contributed by atoms with Crippen molar-refractivity contribution in [1.29, 1.82) is 0 Å². The van der Waals surface area contributed by atoms with Gasteiger partial charge in [0.05, 0.1) is 7.11 Å². The van der Waals surface area contributed by atoms with Crippen LogP contribution in [0.25, 0.3) is 0 Å². The highest BCUT2D eigenvalue weighted by molar-refractivity contribution is 9.10. The number of aromatic nitrogens is 3. The summed E-state index contributed by atoms with van der Waals surface area (Å²) in [6, 6.07) is 3.57. The van der Waals surface area contributed by atoms with Gasteiger partial charge in [-0.05, 0) is 18.2 Å². The van der Waals surface area contributed by atoms with E-state index in [-0.39, 0.29) is 12.0 Å². The van der Waals surface area contributed by atoms with Gasteiger partial charge in [0, 0.05) is 4.47 Å². The van der Waals surface area contributed by atoms with Crippen molar-refractivity contribution in [2.24, 2.45) is 0 Å². The summed E-state index contributed by atoms with van der Waals surface area (Å²) < 4.78 is 44.7. The quantitative estimate of drug-likeness (QED) is 0.871. The van der Waals surface area contributed by atoms with E-state index in [9.17, 15) is 12.8 Å². The van der Waals surface area contributed by atoms with Gasteiger partial charge in [-0.3, -0.25) is 0 Å². The van der Waals surface area contributed by atoms with Crippen LogP contribution in [-0.4, -0.2) is 30.7 Å². The molecule has 0 aliphatic rings. The Hall–Kier alpha value is -1.68. The second-order valence-electron chi connectivity index (χ2n) is 3.35. The van der Waals surface area contributed by atoms with Gasteiger partial charge in [-0.15, -0.1) is 5.10 Å². The maximum atomic E-state index is 13.6. The lowest BCUT2D eigenvalue weighted by molar-refractivity contribution is 0.382. The van der Waals surface area contributed by atoms with Gasteiger partial charge in [-0.25, -0.2) is 22.6 Å². The van der Waals surface area contributed by atoms with Crippen LogP contribution in [0, 0.1) is 5.82 Å². The maximum Gasteiger partial charge on any atom is 0.336 e. The maximum absolute atomic E-state index is 13.6. The second-order valence-corrected chi connectivity index (χ2v) is 5.92. The first-order valence-corrected chi connectivity index (χ1v) is 7.14. The third-order valence-electron chi connectivity index (χ3n) is 2.06. The molecule has 0 saturated heterocycles.